The molecule has 0 aliphatic carbocycles. The number of nitriles is 1. The second-order valence-corrected chi connectivity index (χ2v) is 4.68. The number of aryl methyl sites for hydroxylation is 2. The molecule has 0 atom stereocenters. The molecule has 0 unspecified atom stereocenters. The first-order chi connectivity index (χ1) is 9.13. The Morgan fingerprint density at radius 3 is 2.53 bits per heavy atom. The van der Waals surface area contributed by atoms with E-state index in [0.29, 0.717) is 17.2 Å². The molecule has 0 aromatic heterocycles. The van der Waals surface area contributed by atoms with Gasteiger partial charge in [0.05, 0.1) is 11.6 Å². The van der Waals surface area contributed by atoms with Crippen LogP contribution in [0.4, 0.5) is 0 Å². The van der Waals surface area contributed by atoms with Gasteiger partial charge in [0.25, 0.3) is 0 Å². The maximum atomic E-state index is 8.91. The molecule has 0 saturated carbocycles. The van der Waals surface area contributed by atoms with E-state index in [9.17, 15) is 0 Å². The SMILES string of the molecule is Cc1cc(Oc2cc(C#N)ccc2C)ccc1CCl. The summed E-state index contributed by atoms with van der Waals surface area (Å²) in [6.07, 6.45) is 0. The fraction of sp³-hybridized carbons (Fsp3) is 0.188. The summed E-state index contributed by atoms with van der Waals surface area (Å²) in [6.45, 7) is 3.96. The molecule has 0 heterocycles. The van der Waals surface area contributed by atoms with Crippen LogP contribution in [-0.2, 0) is 5.88 Å². The molecule has 2 aromatic carbocycles. The summed E-state index contributed by atoms with van der Waals surface area (Å²) in [7, 11) is 0. The predicted octanol–water partition coefficient (Wildman–Crippen LogP) is 4.71. The van der Waals surface area contributed by atoms with Gasteiger partial charge in [-0.1, -0.05) is 12.1 Å². The van der Waals surface area contributed by atoms with Crippen molar-refractivity contribution in [1.82, 2.24) is 0 Å². The van der Waals surface area contributed by atoms with Crippen molar-refractivity contribution in [3.8, 4) is 17.6 Å². The molecule has 96 valence electrons. The Hall–Kier alpha value is -1.98. The predicted molar refractivity (Wildman–Crippen MR) is 76.7 cm³/mol. The van der Waals surface area contributed by atoms with Gasteiger partial charge in [-0.15, -0.1) is 11.6 Å². The summed E-state index contributed by atoms with van der Waals surface area (Å²) in [5, 5.41) is 8.91. The highest BCUT2D eigenvalue weighted by Gasteiger charge is 2.05. The molecule has 0 radical (unpaired) electrons. The van der Waals surface area contributed by atoms with E-state index in [0.717, 1.165) is 22.4 Å². The van der Waals surface area contributed by atoms with E-state index in [1.165, 1.54) is 0 Å². The second-order valence-electron chi connectivity index (χ2n) is 4.42. The fourth-order valence-corrected chi connectivity index (χ4v) is 2.09. The zero-order valence-electron chi connectivity index (χ0n) is 10.9. The molecule has 0 amide bonds. The van der Waals surface area contributed by atoms with E-state index in [1.807, 2.05) is 38.1 Å². The van der Waals surface area contributed by atoms with Crippen LogP contribution in [0.3, 0.4) is 0 Å². The van der Waals surface area contributed by atoms with Gasteiger partial charge >= 0.3 is 0 Å². The van der Waals surface area contributed by atoms with Gasteiger partial charge in [0.2, 0.25) is 0 Å². The third-order valence-electron chi connectivity index (χ3n) is 3.00. The van der Waals surface area contributed by atoms with Gasteiger partial charge in [0.15, 0.2) is 0 Å². The van der Waals surface area contributed by atoms with Gasteiger partial charge in [-0.05, 0) is 54.8 Å². The van der Waals surface area contributed by atoms with Crippen molar-refractivity contribution in [3.05, 3.63) is 58.7 Å². The summed E-state index contributed by atoms with van der Waals surface area (Å²) < 4.78 is 5.84. The normalized spacial score (nSPS) is 10.0. The van der Waals surface area contributed by atoms with Crippen LogP contribution in [0, 0.1) is 25.2 Å². The average molecular weight is 272 g/mol. The summed E-state index contributed by atoms with van der Waals surface area (Å²) in [6, 6.07) is 13.3. The topological polar surface area (TPSA) is 33.0 Å². The number of ether oxygens (including phenoxy) is 1. The van der Waals surface area contributed by atoms with Gasteiger partial charge in [0.1, 0.15) is 11.5 Å². The summed E-state index contributed by atoms with van der Waals surface area (Å²) >= 11 is 5.83. The number of alkyl halides is 1. The molecule has 0 aliphatic heterocycles. The number of nitrogens with zero attached hydrogens (tertiary/aromatic N) is 1. The molecule has 0 N–H and O–H groups in total. The standard InChI is InChI=1S/C16H14ClNO/c1-11-3-4-13(10-18)8-16(11)19-15-6-5-14(9-17)12(2)7-15/h3-8H,9H2,1-2H3. The largest absolute Gasteiger partial charge is 0.457 e. The lowest BCUT2D eigenvalue weighted by Gasteiger charge is -2.11. The van der Waals surface area contributed by atoms with E-state index >= 15 is 0 Å². The summed E-state index contributed by atoms with van der Waals surface area (Å²) in [5.41, 5.74) is 3.78. The zero-order chi connectivity index (χ0) is 13.8. The Bertz CT molecular complexity index is 644. The van der Waals surface area contributed by atoms with Gasteiger partial charge < -0.3 is 4.74 Å². The lowest BCUT2D eigenvalue weighted by Crippen LogP contribution is -1.91. The first-order valence-electron chi connectivity index (χ1n) is 5.98. The number of rotatable bonds is 3. The quantitative estimate of drug-likeness (QED) is 0.758. The van der Waals surface area contributed by atoms with Crippen LogP contribution in [0.25, 0.3) is 0 Å². The molecule has 0 saturated heterocycles. The number of benzene rings is 2. The lowest BCUT2D eigenvalue weighted by molar-refractivity contribution is 0.478. The molecular weight excluding hydrogens is 258 g/mol. The number of hydrogen-bond donors (Lipinski definition) is 0. The van der Waals surface area contributed by atoms with Crippen molar-refractivity contribution in [2.24, 2.45) is 0 Å². The highest BCUT2D eigenvalue weighted by Crippen LogP contribution is 2.27. The Morgan fingerprint density at radius 1 is 1.11 bits per heavy atom. The molecule has 2 aromatic rings. The minimum atomic E-state index is 0.495. The van der Waals surface area contributed by atoms with Crippen molar-refractivity contribution in [2.45, 2.75) is 19.7 Å². The molecule has 0 fully saturated rings. The van der Waals surface area contributed by atoms with E-state index in [1.54, 1.807) is 12.1 Å². The Kier molecular flexibility index (Phi) is 4.09. The third-order valence-corrected chi connectivity index (χ3v) is 3.29. The first kappa shape index (κ1) is 13.5. The molecule has 2 rings (SSSR count). The summed E-state index contributed by atoms with van der Waals surface area (Å²) in [4.78, 5) is 0. The van der Waals surface area contributed by atoms with Crippen molar-refractivity contribution in [3.63, 3.8) is 0 Å². The highest BCUT2D eigenvalue weighted by atomic mass is 35.5. The van der Waals surface area contributed by atoms with Crippen molar-refractivity contribution < 1.29 is 4.74 Å². The first-order valence-corrected chi connectivity index (χ1v) is 6.51. The van der Waals surface area contributed by atoms with Crippen LogP contribution in [0.2, 0.25) is 0 Å². The van der Waals surface area contributed by atoms with Crippen molar-refractivity contribution in [1.29, 1.82) is 5.26 Å². The van der Waals surface area contributed by atoms with Crippen molar-refractivity contribution in [2.75, 3.05) is 0 Å². The van der Waals surface area contributed by atoms with Gasteiger partial charge in [-0.2, -0.15) is 5.26 Å². The van der Waals surface area contributed by atoms with E-state index < -0.39 is 0 Å². The van der Waals surface area contributed by atoms with Gasteiger partial charge in [-0.3, -0.25) is 0 Å². The van der Waals surface area contributed by atoms with Crippen LogP contribution in [0.1, 0.15) is 22.3 Å². The third kappa shape index (κ3) is 3.07. The monoisotopic (exact) mass is 271 g/mol. The molecular formula is C16H14ClNO. The Labute approximate surface area is 118 Å². The zero-order valence-corrected chi connectivity index (χ0v) is 11.7. The Morgan fingerprint density at radius 2 is 1.89 bits per heavy atom. The summed E-state index contributed by atoms with van der Waals surface area (Å²) in [5.74, 6) is 1.95. The van der Waals surface area contributed by atoms with E-state index in [2.05, 4.69) is 6.07 Å². The minimum Gasteiger partial charge on any atom is -0.457 e. The minimum absolute atomic E-state index is 0.495. The molecule has 19 heavy (non-hydrogen) atoms. The van der Waals surface area contributed by atoms with Crippen LogP contribution in [-0.4, -0.2) is 0 Å². The molecule has 0 aliphatic rings. The number of hydrogen-bond acceptors (Lipinski definition) is 2. The van der Waals surface area contributed by atoms with Crippen LogP contribution in [0.15, 0.2) is 36.4 Å². The number of halogens is 1. The van der Waals surface area contributed by atoms with E-state index in [4.69, 9.17) is 21.6 Å². The highest BCUT2D eigenvalue weighted by molar-refractivity contribution is 6.17. The average Bonchev–Trinajstić information content (AvgIpc) is 2.41. The molecule has 0 spiro atoms. The van der Waals surface area contributed by atoms with Gasteiger partial charge in [0, 0.05) is 5.88 Å². The fourth-order valence-electron chi connectivity index (χ4n) is 1.79. The van der Waals surface area contributed by atoms with Crippen LogP contribution < -0.4 is 4.74 Å². The van der Waals surface area contributed by atoms with Gasteiger partial charge in [-0.25, -0.2) is 0 Å². The molecule has 3 heteroatoms. The lowest BCUT2D eigenvalue weighted by atomic mass is 10.1. The van der Waals surface area contributed by atoms with E-state index in [-0.39, 0.29) is 0 Å². The van der Waals surface area contributed by atoms with Crippen molar-refractivity contribution >= 4 is 11.6 Å². The maximum absolute atomic E-state index is 8.91. The second kappa shape index (κ2) is 5.77. The molecule has 0 bridgehead atoms. The molecule has 2 nitrogen and oxygen atoms in total. The maximum Gasteiger partial charge on any atom is 0.131 e. The van der Waals surface area contributed by atoms with Crippen LogP contribution >= 0.6 is 11.6 Å². The smallest absolute Gasteiger partial charge is 0.131 e. The van der Waals surface area contributed by atoms with Crippen LogP contribution in [0.5, 0.6) is 11.5 Å². The Balaban J connectivity index is 2.31.